The first kappa shape index (κ1) is 22.0. The highest BCUT2D eigenvalue weighted by Gasteiger charge is 2.21. The molecule has 3 heterocycles. The van der Waals surface area contributed by atoms with E-state index in [2.05, 4.69) is 19.7 Å². The Morgan fingerprint density at radius 3 is 2.37 bits per heavy atom. The number of sulfonamides is 1. The molecule has 2 aromatic carbocycles. The average Bonchev–Trinajstić information content (AvgIpc) is 2.85. The van der Waals surface area contributed by atoms with Gasteiger partial charge in [-0.1, -0.05) is 30.3 Å². The maximum atomic E-state index is 13.3. The number of anilines is 3. The van der Waals surface area contributed by atoms with Gasteiger partial charge in [-0.05, 0) is 48.0 Å². The van der Waals surface area contributed by atoms with Gasteiger partial charge in [0.05, 0.1) is 16.6 Å². The van der Waals surface area contributed by atoms with E-state index in [0.717, 1.165) is 0 Å². The second-order valence-electron chi connectivity index (χ2n) is 7.61. The molecular formula is C24H19N7O3S. The summed E-state index contributed by atoms with van der Waals surface area (Å²) in [4.78, 5) is 25.5. The van der Waals surface area contributed by atoms with Gasteiger partial charge in [0.2, 0.25) is 5.95 Å². The summed E-state index contributed by atoms with van der Waals surface area (Å²) >= 11 is 0. The van der Waals surface area contributed by atoms with Crippen molar-refractivity contribution in [3.05, 3.63) is 95.5 Å². The van der Waals surface area contributed by atoms with Gasteiger partial charge in [-0.2, -0.15) is 0 Å². The maximum Gasteiger partial charge on any atom is 0.267 e. The second kappa shape index (κ2) is 8.54. The van der Waals surface area contributed by atoms with Crippen LogP contribution < -0.4 is 21.7 Å². The van der Waals surface area contributed by atoms with E-state index in [1.807, 2.05) is 6.07 Å². The van der Waals surface area contributed by atoms with E-state index >= 15 is 0 Å². The summed E-state index contributed by atoms with van der Waals surface area (Å²) in [5.74, 6) is 0.0385. The first-order valence-electron chi connectivity index (χ1n) is 10.4. The molecule has 35 heavy (non-hydrogen) atoms. The number of fused-ring (bicyclic) bond motifs is 1. The molecule has 0 radical (unpaired) electrons. The molecule has 0 aliphatic carbocycles. The summed E-state index contributed by atoms with van der Waals surface area (Å²) in [5.41, 5.74) is 13.6. The lowest BCUT2D eigenvalue weighted by Gasteiger charge is -2.12. The van der Waals surface area contributed by atoms with Gasteiger partial charge < -0.3 is 11.5 Å². The molecule has 11 heteroatoms. The summed E-state index contributed by atoms with van der Waals surface area (Å²) in [6, 6.07) is 20.1. The summed E-state index contributed by atoms with van der Waals surface area (Å²) < 4.78 is 29.6. The molecule has 0 saturated carbocycles. The molecule has 0 spiro atoms. The lowest BCUT2D eigenvalue weighted by atomic mass is 10.1. The molecule has 0 atom stereocenters. The van der Waals surface area contributed by atoms with Gasteiger partial charge in [0, 0.05) is 18.0 Å². The lowest BCUT2D eigenvalue weighted by molar-refractivity contribution is 0.601. The zero-order valence-electron chi connectivity index (χ0n) is 18.2. The van der Waals surface area contributed by atoms with Gasteiger partial charge >= 0.3 is 0 Å². The molecular weight excluding hydrogens is 466 g/mol. The highest BCUT2D eigenvalue weighted by Crippen LogP contribution is 2.28. The summed E-state index contributed by atoms with van der Waals surface area (Å²) in [6.45, 7) is 0. The number of rotatable bonds is 5. The standard InChI is InChI=1S/C24H19N7O3S/c25-22-20(35(33,34)30-21-8-4-5-11-27-21)13-16(14-28-22)15-9-10-19-18(12-15)23(32)31(24(26)29-19)17-6-2-1-3-7-17/h1-14H,(H2,25,28)(H2,26,29)(H,27,30). The number of aromatic nitrogens is 4. The SMILES string of the molecule is Nc1ncc(-c2ccc3nc(N)n(-c4ccccc4)c(=O)c3c2)cc1S(=O)(=O)Nc1ccccn1. The Kier molecular flexibility index (Phi) is 5.38. The number of nitrogens with zero attached hydrogens (tertiary/aromatic N) is 4. The number of hydrogen-bond donors (Lipinski definition) is 3. The first-order chi connectivity index (χ1) is 16.8. The fourth-order valence-electron chi connectivity index (χ4n) is 3.65. The summed E-state index contributed by atoms with van der Waals surface area (Å²) in [7, 11) is -4.07. The van der Waals surface area contributed by atoms with E-state index in [0.29, 0.717) is 27.7 Å². The van der Waals surface area contributed by atoms with Gasteiger partial charge in [-0.25, -0.2) is 27.9 Å². The fraction of sp³-hybridized carbons (Fsp3) is 0. The molecule has 10 nitrogen and oxygen atoms in total. The quantitative estimate of drug-likeness (QED) is 0.343. The number of nitrogens with one attached hydrogen (secondary N) is 1. The smallest absolute Gasteiger partial charge is 0.267 e. The minimum atomic E-state index is -4.07. The van der Waals surface area contributed by atoms with Crippen molar-refractivity contribution in [3.8, 4) is 16.8 Å². The van der Waals surface area contributed by atoms with Crippen molar-refractivity contribution in [3.63, 3.8) is 0 Å². The number of nitrogens with two attached hydrogens (primary N) is 2. The van der Waals surface area contributed by atoms with Crippen LogP contribution in [0.25, 0.3) is 27.7 Å². The minimum Gasteiger partial charge on any atom is -0.383 e. The number of hydrogen-bond acceptors (Lipinski definition) is 8. The van der Waals surface area contributed by atoms with Gasteiger partial charge in [0.25, 0.3) is 15.6 Å². The number of nitrogen functional groups attached to an aromatic ring is 2. The predicted molar refractivity (Wildman–Crippen MR) is 134 cm³/mol. The highest BCUT2D eigenvalue weighted by atomic mass is 32.2. The Morgan fingerprint density at radius 2 is 1.63 bits per heavy atom. The molecule has 0 amide bonds. The van der Waals surface area contributed by atoms with Gasteiger partial charge in [-0.3, -0.25) is 9.52 Å². The maximum absolute atomic E-state index is 13.3. The number of benzene rings is 2. The highest BCUT2D eigenvalue weighted by molar-refractivity contribution is 7.92. The van der Waals surface area contributed by atoms with Crippen LogP contribution in [0.2, 0.25) is 0 Å². The van der Waals surface area contributed by atoms with Crippen molar-refractivity contribution in [2.24, 2.45) is 0 Å². The van der Waals surface area contributed by atoms with Gasteiger partial charge in [0.1, 0.15) is 16.5 Å². The van der Waals surface area contributed by atoms with Crippen molar-refractivity contribution < 1.29 is 8.42 Å². The Bertz CT molecular complexity index is 1720. The molecule has 0 bridgehead atoms. The minimum absolute atomic E-state index is 0.0598. The third-order valence-corrected chi connectivity index (χ3v) is 6.70. The molecule has 0 unspecified atom stereocenters. The van der Waals surface area contributed by atoms with Crippen LogP contribution in [0.5, 0.6) is 0 Å². The Hall–Kier alpha value is -4.77. The van der Waals surface area contributed by atoms with E-state index in [1.54, 1.807) is 54.6 Å². The van der Waals surface area contributed by atoms with Crippen LogP contribution in [0, 0.1) is 0 Å². The lowest BCUT2D eigenvalue weighted by Crippen LogP contribution is -2.23. The second-order valence-corrected chi connectivity index (χ2v) is 9.26. The monoisotopic (exact) mass is 485 g/mol. The summed E-state index contributed by atoms with van der Waals surface area (Å²) in [6.07, 6.45) is 2.91. The molecule has 0 saturated heterocycles. The molecule has 3 aromatic heterocycles. The third kappa shape index (κ3) is 4.15. The number of pyridine rings is 2. The van der Waals surface area contributed by atoms with Crippen molar-refractivity contribution >= 4 is 38.5 Å². The van der Waals surface area contributed by atoms with Crippen LogP contribution in [0.4, 0.5) is 17.6 Å². The van der Waals surface area contributed by atoms with E-state index in [4.69, 9.17) is 11.5 Å². The summed E-state index contributed by atoms with van der Waals surface area (Å²) in [5, 5.41) is 0.313. The zero-order valence-corrected chi connectivity index (χ0v) is 19.0. The van der Waals surface area contributed by atoms with E-state index in [1.165, 1.54) is 29.1 Å². The third-order valence-electron chi connectivity index (χ3n) is 5.32. The molecule has 0 aliphatic heterocycles. The molecule has 174 valence electrons. The predicted octanol–water partition coefficient (Wildman–Crippen LogP) is 2.81. The van der Waals surface area contributed by atoms with Crippen molar-refractivity contribution in [1.29, 1.82) is 0 Å². The van der Waals surface area contributed by atoms with E-state index < -0.39 is 10.0 Å². The van der Waals surface area contributed by atoms with Gasteiger partial charge in [0.15, 0.2) is 0 Å². The van der Waals surface area contributed by atoms with Crippen molar-refractivity contribution in [2.45, 2.75) is 4.90 Å². The molecule has 0 fully saturated rings. The Morgan fingerprint density at radius 1 is 0.857 bits per heavy atom. The van der Waals surface area contributed by atoms with Crippen LogP contribution in [0.15, 0.2) is 94.9 Å². The fourth-order valence-corrected chi connectivity index (χ4v) is 4.77. The first-order valence-corrected chi connectivity index (χ1v) is 11.9. The van der Waals surface area contributed by atoms with Crippen molar-refractivity contribution in [1.82, 2.24) is 19.5 Å². The topological polar surface area (TPSA) is 159 Å². The van der Waals surface area contributed by atoms with Gasteiger partial charge in [-0.15, -0.1) is 0 Å². The molecule has 0 aliphatic rings. The molecule has 5 rings (SSSR count). The van der Waals surface area contributed by atoms with E-state index in [9.17, 15) is 13.2 Å². The average molecular weight is 486 g/mol. The zero-order chi connectivity index (χ0) is 24.6. The van der Waals surface area contributed by atoms with Crippen LogP contribution in [-0.2, 0) is 10.0 Å². The Labute approximate surface area is 200 Å². The largest absolute Gasteiger partial charge is 0.383 e. The Balaban J connectivity index is 1.61. The van der Waals surface area contributed by atoms with Crippen molar-refractivity contribution in [2.75, 3.05) is 16.2 Å². The normalized spacial score (nSPS) is 11.4. The van der Waals surface area contributed by atoms with Crippen LogP contribution in [0.3, 0.4) is 0 Å². The van der Waals surface area contributed by atoms with Crippen LogP contribution >= 0.6 is 0 Å². The molecule has 5 aromatic rings. The van der Waals surface area contributed by atoms with E-state index in [-0.39, 0.29) is 28.0 Å². The molecule has 5 N–H and O–H groups in total. The van der Waals surface area contributed by atoms with Crippen LogP contribution in [-0.4, -0.2) is 27.9 Å². The van der Waals surface area contributed by atoms with Crippen LogP contribution in [0.1, 0.15) is 0 Å². The number of para-hydroxylation sites is 1.